The fourth-order valence-corrected chi connectivity index (χ4v) is 3.89. The molecule has 2 fully saturated rings. The molecule has 2 aliphatic rings. The van der Waals surface area contributed by atoms with E-state index >= 15 is 0 Å². The van der Waals surface area contributed by atoms with E-state index in [9.17, 15) is 4.79 Å². The van der Waals surface area contributed by atoms with Crippen molar-refractivity contribution in [3.05, 3.63) is 0 Å². The highest BCUT2D eigenvalue weighted by molar-refractivity contribution is 9.09. The predicted octanol–water partition coefficient (Wildman–Crippen LogP) is 3.34. The van der Waals surface area contributed by atoms with Gasteiger partial charge in [-0.05, 0) is 32.1 Å². The topological polar surface area (TPSA) is 20.3 Å². The standard InChI is InChI=1S/C13H22BrNO/c1-2-13(7-3-4-8-13)12(16)15-9-5-6-11(14)10-15/h11H,2-10H2,1H3. The molecule has 2 nitrogen and oxygen atoms in total. The Balaban J connectivity index is 2.04. The molecule has 0 aromatic carbocycles. The van der Waals surface area contributed by atoms with Crippen molar-refractivity contribution in [2.45, 2.75) is 56.7 Å². The molecule has 0 aromatic rings. The second-order valence-electron chi connectivity index (χ2n) is 5.33. The summed E-state index contributed by atoms with van der Waals surface area (Å²) >= 11 is 3.65. The monoisotopic (exact) mass is 287 g/mol. The summed E-state index contributed by atoms with van der Waals surface area (Å²) in [5.74, 6) is 0.441. The van der Waals surface area contributed by atoms with Gasteiger partial charge >= 0.3 is 0 Å². The Hall–Kier alpha value is -0.0500. The molecule has 1 saturated heterocycles. The van der Waals surface area contributed by atoms with Crippen LogP contribution < -0.4 is 0 Å². The van der Waals surface area contributed by atoms with Gasteiger partial charge in [0, 0.05) is 23.3 Å². The summed E-state index contributed by atoms with van der Waals surface area (Å²) in [6.07, 6.45) is 8.10. The molecule has 0 spiro atoms. The van der Waals surface area contributed by atoms with Crippen LogP contribution in [0, 0.1) is 5.41 Å². The minimum atomic E-state index is 0.00403. The average molecular weight is 288 g/mol. The molecule has 0 radical (unpaired) electrons. The lowest BCUT2D eigenvalue weighted by molar-refractivity contribution is -0.143. The summed E-state index contributed by atoms with van der Waals surface area (Å²) in [4.78, 5) is 15.2. The molecule has 0 N–H and O–H groups in total. The van der Waals surface area contributed by atoms with Crippen LogP contribution in [-0.4, -0.2) is 28.7 Å². The number of carbonyl (C=O) groups excluding carboxylic acids is 1. The van der Waals surface area contributed by atoms with Crippen LogP contribution in [-0.2, 0) is 4.79 Å². The third-order valence-corrected chi connectivity index (χ3v) is 5.09. The second-order valence-corrected chi connectivity index (χ2v) is 6.63. The Bertz CT molecular complexity index is 261. The van der Waals surface area contributed by atoms with Gasteiger partial charge < -0.3 is 4.90 Å². The number of hydrogen-bond acceptors (Lipinski definition) is 1. The highest BCUT2D eigenvalue weighted by Crippen LogP contribution is 2.43. The van der Waals surface area contributed by atoms with E-state index in [4.69, 9.17) is 0 Å². The molecular weight excluding hydrogens is 266 g/mol. The van der Waals surface area contributed by atoms with Crippen molar-refractivity contribution in [2.24, 2.45) is 5.41 Å². The van der Waals surface area contributed by atoms with Crippen LogP contribution in [0.2, 0.25) is 0 Å². The van der Waals surface area contributed by atoms with Crippen LogP contribution in [0.15, 0.2) is 0 Å². The molecule has 1 atom stereocenters. The van der Waals surface area contributed by atoms with E-state index < -0.39 is 0 Å². The van der Waals surface area contributed by atoms with Crippen molar-refractivity contribution in [2.75, 3.05) is 13.1 Å². The third-order valence-electron chi connectivity index (χ3n) is 4.34. The number of nitrogens with zero attached hydrogens (tertiary/aromatic N) is 1. The fraction of sp³-hybridized carbons (Fsp3) is 0.923. The molecule has 1 aliphatic carbocycles. The molecule has 0 bridgehead atoms. The van der Waals surface area contributed by atoms with E-state index in [0.717, 1.165) is 38.8 Å². The van der Waals surface area contributed by atoms with Crippen LogP contribution in [0.5, 0.6) is 0 Å². The van der Waals surface area contributed by atoms with Crippen LogP contribution in [0.3, 0.4) is 0 Å². The largest absolute Gasteiger partial charge is 0.341 e. The lowest BCUT2D eigenvalue weighted by Crippen LogP contribution is -2.47. The van der Waals surface area contributed by atoms with Gasteiger partial charge in [0.05, 0.1) is 0 Å². The van der Waals surface area contributed by atoms with Crippen molar-refractivity contribution in [1.29, 1.82) is 0 Å². The molecule has 92 valence electrons. The van der Waals surface area contributed by atoms with Gasteiger partial charge in [0.1, 0.15) is 0 Å². The van der Waals surface area contributed by atoms with Gasteiger partial charge in [0.2, 0.25) is 5.91 Å². The molecule has 1 amide bonds. The van der Waals surface area contributed by atoms with Gasteiger partial charge in [0.15, 0.2) is 0 Å². The number of rotatable bonds is 2. The van der Waals surface area contributed by atoms with Gasteiger partial charge in [-0.25, -0.2) is 0 Å². The first kappa shape index (κ1) is 12.4. The van der Waals surface area contributed by atoms with Gasteiger partial charge in [-0.3, -0.25) is 4.79 Å². The average Bonchev–Trinajstić information content (AvgIpc) is 2.78. The summed E-state index contributed by atoms with van der Waals surface area (Å²) < 4.78 is 0. The molecule has 16 heavy (non-hydrogen) atoms. The SMILES string of the molecule is CCC1(C(=O)N2CCCC(Br)C2)CCCC1. The smallest absolute Gasteiger partial charge is 0.228 e. The summed E-state index contributed by atoms with van der Waals surface area (Å²) in [6, 6.07) is 0. The molecule has 0 aromatic heterocycles. The molecule has 1 unspecified atom stereocenters. The Labute approximate surface area is 107 Å². The summed E-state index contributed by atoms with van der Waals surface area (Å²) in [7, 11) is 0. The number of hydrogen-bond donors (Lipinski definition) is 0. The number of carbonyl (C=O) groups is 1. The Morgan fingerprint density at radius 2 is 2.06 bits per heavy atom. The number of likely N-dealkylation sites (tertiary alicyclic amines) is 1. The highest BCUT2D eigenvalue weighted by atomic mass is 79.9. The Morgan fingerprint density at radius 1 is 1.38 bits per heavy atom. The van der Waals surface area contributed by atoms with E-state index in [-0.39, 0.29) is 5.41 Å². The molecule has 1 aliphatic heterocycles. The van der Waals surface area contributed by atoms with Crippen LogP contribution in [0.1, 0.15) is 51.9 Å². The summed E-state index contributed by atoms with van der Waals surface area (Å²) in [5.41, 5.74) is 0.00403. The minimum absolute atomic E-state index is 0.00403. The Morgan fingerprint density at radius 3 is 2.62 bits per heavy atom. The van der Waals surface area contributed by atoms with Crippen molar-refractivity contribution in [1.82, 2.24) is 4.90 Å². The lowest BCUT2D eigenvalue weighted by Gasteiger charge is -2.37. The van der Waals surface area contributed by atoms with E-state index in [2.05, 4.69) is 27.8 Å². The summed E-state index contributed by atoms with van der Waals surface area (Å²) in [6.45, 7) is 4.07. The zero-order valence-corrected chi connectivity index (χ0v) is 11.8. The first-order chi connectivity index (χ1) is 7.68. The molecule has 2 rings (SSSR count). The number of halogens is 1. The van der Waals surface area contributed by atoms with E-state index in [1.165, 1.54) is 19.3 Å². The quantitative estimate of drug-likeness (QED) is 0.714. The van der Waals surface area contributed by atoms with Crippen LogP contribution in [0.25, 0.3) is 0 Å². The predicted molar refractivity (Wildman–Crippen MR) is 69.7 cm³/mol. The molecule has 3 heteroatoms. The van der Waals surface area contributed by atoms with Crippen LogP contribution >= 0.6 is 15.9 Å². The van der Waals surface area contributed by atoms with Crippen molar-refractivity contribution >= 4 is 21.8 Å². The second kappa shape index (κ2) is 5.07. The number of piperidine rings is 1. The number of amides is 1. The van der Waals surface area contributed by atoms with E-state index in [1.54, 1.807) is 0 Å². The molecular formula is C13H22BrNO. The Kier molecular flexibility index (Phi) is 3.93. The maximum Gasteiger partial charge on any atom is 0.228 e. The van der Waals surface area contributed by atoms with Gasteiger partial charge in [0.25, 0.3) is 0 Å². The first-order valence-corrected chi connectivity index (χ1v) is 7.53. The fourth-order valence-electron chi connectivity index (χ4n) is 3.22. The van der Waals surface area contributed by atoms with Crippen molar-refractivity contribution in [3.63, 3.8) is 0 Å². The highest BCUT2D eigenvalue weighted by Gasteiger charge is 2.42. The normalized spacial score (nSPS) is 29.4. The zero-order chi connectivity index (χ0) is 11.6. The van der Waals surface area contributed by atoms with Gasteiger partial charge in [-0.1, -0.05) is 35.7 Å². The van der Waals surface area contributed by atoms with Crippen molar-refractivity contribution < 1.29 is 4.79 Å². The van der Waals surface area contributed by atoms with E-state index in [0.29, 0.717) is 10.7 Å². The van der Waals surface area contributed by atoms with Crippen LogP contribution in [0.4, 0.5) is 0 Å². The van der Waals surface area contributed by atoms with Gasteiger partial charge in [-0.15, -0.1) is 0 Å². The summed E-state index contributed by atoms with van der Waals surface area (Å²) in [5, 5.41) is 0. The van der Waals surface area contributed by atoms with Crippen molar-refractivity contribution in [3.8, 4) is 0 Å². The minimum Gasteiger partial charge on any atom is -0.341 e. The molecule has 1 heterocycles. The maximum atomic E-state index is 12.6. The molecule has 1 saturated carbocycles. The zero-order valence-electron chi connectivity index (χ0n) is 10.2. The lowest BCUT2D eigenvalue weighted by atomic mass is 9.81. The van der Waals surface area contributed by atoms with E-state index in [1.807, 2.05) is 0 Å². The third kappa shape index (κ3) is 2.29. The van der Waals surface area contributed by atoms with Gasteiger partial charge in [-0.2, -0.15) is 0 Å². The first-order valence-electron chi connectivity index (χ1n) is 6.61. The number of alkyl halides is 1. The maximum absolute atomic E-state index is 12.6.